The predicted octanol–water partition coefficient (Wildman–Crippen LogP) is 3.14. The van der Waals surface area contributed by atoms with Crippen LogP contribution in [0.1, 0.15) is 57.3 Å². The summed E-state index contributed by atoms with van der Waals surface area (Å²) in [5.74, 6) is -3.83. The van der Waals surface area contributed by atoms with E-state index >= 15 is 0 Å². The molecule has 6 nitrogen and oxygen atoms in total. The number of carbonyl (C=O) groups excluding carboxylic acids is 2. The van der Waals surface area contributed by atoms with Gasteiger partial charge in [-0.1, -0.05) is 13.8 Å². The number of rotatable bonds is 5. The molecule has 1 unspecified atom stereocenters. The molecule has 162 valence electrons. The molecule has 3 rings (SSSR count). The molecule has 3 heterocycles. The summed E-state index contributed by atoms with van der Waals surface area (Å²) in [5.41, 5.74) is 0.531. The minimum Gasteiger partial charge on any atom is -0.336 e. The largest absolute Gasteiger partial charge is 0.336 e. The molecule has 0 radical (unpaired) electrons. The first-order valence-corrected chi connectivity index (χ1v) is 10.6. The van der Waals surface area contributed by atoms with Crippen LogP contribution in [0.4, 0.5) is 8.78 Å². The quantitative estimate of drug-likeness (QED) is 0.749. The Bertz CT molecular complexity index is 775. The molecule has 8 heteroatoms. The number of nitrogens with zero attached hydrogens (tertiary/aromatic N) is 4. The molecule has 1 spiro atoms. The molecule has 2 saturated heterocycles. The summed E-state index contributed by atoms with van der Waals surface area (Å²) in [6, 6.07) is 1.91. The summed E-state index contributed by atoms with van der Waals surface area (Å²) >= 11 is 0. The third-order valence-corrected chi connectivity index (χ3v) is 6.44. The van der Waals surface area contributed by atoms with E-state index in [0.717, 1.165) is 11.4 Å². The molecule has 2 aliphatic rings. The lowest BCUT2D eigenvalue weighted by molar-refractivity contribution is -0.176. The van der Waals surface area contributed by atoms with Gasteiger partial charge in [-0.3, -0.25) is 14.3 Å². The zero-order chi connectivity index (χ0) is 21.4. The van der Waals surface area contributed by atoms with E-state index in [1.54, 1.807) is 9.58 Å². The summed E-state index contributed by atoms with van der Waals surface area (Å²) in [7, 11) is 1.82. The molecule has 0 aliphatic carbocycles. The van der Waals surface area contributed by atoms with E-state index in [0.29, 0.717) is 38.8 Å². The lowest BCUT2D eigenvalue weighted by atomic mass is 9.71. The van der Waals surface area contributed by atoms with Crippen LogP contribution < -0.4 is 0 Å². The van der Waals surface area contributed by atoms with E-state index in [9.17, 15) is 18.4 Å². The lowest BCUT2D eigenvalue weighted by Crippen LogP contribution is -2.62. The Morgan fingerprint density at radius 3 is 2.55 bits per heavy atom. The molecule has 0 N–H and O–H groups in total. The van der Waals surface area contributed by atoms with Crippen molar-refractivity contribution in [2.75, 3.05) is 19.6 Å². The first-order valence-electron chi connectivity index (χ1n) is 10.6. The molecular weight excluding hydrogens is 378 g/mol. The normalized spacial score (nSPS) is 24.6. The highest BCUT2D eigenvalue weighted by atomic mass is 19.3. The Morgan fingerprint density at radius 1 is 1.28 bits per heavy atom. The first kappa shape index (κ1) is 21.7. The summed E-state index contributed by atoms with van der Waals surface area (Å²) in [6.07, 6.45) is 1.81. The second-order valence-electron chi connectivity index (χ2n) is 8.75. The topological polar surface area (TPSA) is 58.4 Å². The van der Waals surface area contributed by atoms with Crippen molar-refractivity contribution >= 4 is 11.8 Å². The highest BCUT2D eigenvalue weighted by molar-refractivity contribution is 5.86. The zero-order valence-electron chi connectivity index (χ0n) is 17.9. The highest BCUT2D eigenvalue weighted by Gasteiger charge is 2.56. The third-order valence-electron chi connectivity index (χ3n) is 6.44. The van der Waals surface area contributed by atoms with Gasteiger partial charge in [0.05, 0.1) is 29.9 Å². The molecule has 0 aromatic carbocycles. The second-order valence-corrected chi connectivity index (χ2v) is 8.75. The molecule has 1 aromatic heterocycles. The minimum atomic E-state index is -3.05. The third kappa shape index (κ3) is 4.31. The van der Waals surface area contributed by atoms with Crippen molar-refractivity contribution in [2.45, 2.75) is 65.3 Å². The van der Waals surface area contributed by atoms with Gasteiger partial charge in [-0.25, -0.2) is 8.78 Å². The summed E-state index contributed by atoms with van der Waals surface area (Å²) in [4.78, 5) is 29.2. The van der Waals surface area contributed by atoms with E-state index in [2.05, 4.69) is 5.10 Å². The fourth-order valence-electron chi connectivity index (χ4n) is 4.98. The van der Waals surface area contributed by atoms with Crippen LogP contribution in [0.2, 0.25) is 0 Å². The van der Waals surface area contributed by atoms with Gasteiger partial charge in [-0.2, -0.15) is 5.10 Å². The molecule has 1 atom stereocenters. The van der Waals surface area contributed by atoms with Crippen LogP contribution in [0.15, 0.2) is 6.07 Å². The maximum atomic E-state index is 14.7. The number of amides is 2. The van der Waals surface area contributed by atoms with Gasteiger partial charge in [0.1, 0.15) is 0 Å². The number of piperidine rings is 2. The van der Waals surface area contributed by atoms with Gasteiger partial charge in [0.15, 0.2) is 0 Å². The van der Waals surface area contributed by atoms with Crippen LogP contribution in [-0.2, 0) is 23.2 Å². The van der Waals surface area contributed by atoms with Crippen LogP contribution in [0.5, 0.6) is 0 Å². The second kappa shape index (κ2) is 8.03. The molecule has 2 amide bonds. The zero-order valence-corrected chi connectivity index (χ0v) is 17.9. The number of likely N-dealkylation sites (tertiary alicyclic amines) is 2. The molecule has 1 aromatic rings. The Morgan fingerprint density at radius 2 is 1.97 bits per heavy atom. The Labute approximate surface area is 171 Å². The summed E-state index contributed by atoms with van der Waals surface area (Å²) < 4.78 is 31.2. The van der Waals surface area contributed by atoms with Crippen LogP contribution in [0.25, 0.3) is 0 Å². The average Bonchev–Trinajstić information content (AvgIpc) is 2.96. The maximum Gasteiger partial charge on any atom is 0.266 e. The van der Waals surface area contributed by atoms with Crippen molar-refractivity contribution < 1.29 is 18.4 Å². The van der Waals surface area contributed by atoms with Gasteiger partial charge in [-0.05, 0) is 38.7 Å². The van der Waals surface area contributed by atoms with Crippen molar-refractivity contribution in [1.29, 1.82) is 0 Å². The van der Waals surface area contributed by atoms with E-state index in [1.807, 2.05) is 33.9 Å². The molecule has 29 heavy (non-hydrogen) atoms. The van der Waals surface area contributed by atoms with Gasteiger partial charge in [0.2, 0.25) is 11.8 Å². The van der Waals surface area contributed by atoms with Crippen molar-refractivity contribution in [3.8, 4) is 0 Å². The van der Waals surface area contributed by atoms with Gasteiger partial charge < -0.3 is 9.80 Å². The number of alkyl halides is 2. The van der Waals surface area contributed by atoms with Gasteiger partial charge in [0, 0.05) is 32.5 Å². The van der Waals surface area contributed by atoms with Crippen molar-refractivity contribution in [1.82, 2.24) is 19.6 Å². The van der Waals surface area contributed by atoms with E-state index in [-0.39, 0.29) is 24.3 Å². The Kier molecular flexibility index (Phi) is 6.01. The van der Waals surface area contributed by atoms with Crippen molar-refractivity contribution in [3.05, 3.63) is 17.5 Å². The molecule has 0 bridgehead atoms. The summed E-state index contributed by atoms with van der Waals surface area (Å²) in [5, 5.41) is 4.31. The fraction of sp³-hybridized carbons (Fsp3) is 0.762. The number of halogens is 2. The van der Waals surface area contributed by atoms with E-state index < -0.39 is 24.3 Å². The van der Waals surface area contributed by atoms with Crippen LogP contribution in [0.3, 0.4) is 0 Å². The Balaban J connectivity index is 1.85. The van der Waals surface area contributed by atoms with Crippen molar-refractivity contribution in [2.24, 2.45) is 18.4 Å². The van der Waals surface area contributed by atoms with Crippen molar-refractivity contribution in [3.63, 3.8) is 0 Å². The number of aryl methyl sites for hydroxylation is 2. The number of hydrogen-bond donors (Lipinski definition) is 0. The number of aromatic nitrogens is 2. The predicted molar refractivity (Wildman–Crippen MR) is 105 cm³/mol. The van der Waals surface area contributed by atoms with Gasteiger partial charge in [0.25, 0.3) is 5.92 Å². The smallest absolute Gasteiger partial charge is 0.266 e. The van der Waals surface area contributed by atoms with Gasteiger partial charge in [-0.15, -0.1) is 0 Å². The molecule has 2 fully saturated rings. The van der Waals surface area contributed by atoms with Gasteiger partial charge >= 0.3 is 0 Å². The average molecular weight is 411 g/mol. The minimum absolute atomic E-state index is 0.0949. The monoisotopic (exact) mass is 410 g/mol. The summed E-state index contributed by atoms with van der Waals surface area (Å²) in [6.45, 7) is 6.07. The van der Waals surface area contributed by atoms with Crippen LogP contribution >= 0.6 is 0 Å². The fourth-order valence-corrected chi connectivity index (χ4v) is 4.98. The lowest BCUT2D eigenvalue weighted by Gasteiger charge is -2.49. The molecule has 2 aliphatic heterocycles. The van der Waals surface area contributed by atoms with E-state index in [1.165, 1.54) is 4.90 Å². The number of carbonyl (C=O) groups is 2. The standard InChI is InChI=1S/C21H32F2N4O2/c1-5-16(6-2)18(28)27-13-20(12-21(22,23)14-27)8-7-9-26(19(20)29)11-17-10-15(3)24-25(17)4/h10,16H,5-9,11-14H2,1-4H3. The SMILES string of the molecule is CCC(CC)C(=O)N1CC(F)(F)CC2(CCCN(Cc3cc(C)nn3C)C2=O)C1. The van der Waals surface area contributed by atoms with Crippen LogP contribution in [0, 0.1) is 18.3 Å². The van der Waals surface area contributed by atoms with E-state index in [4.69, 9.17) is 0 Å². The molecule has 0 saturated carbocycles. The number of hydrogen-bond acceptors (Lipinski definition) is 3. The molecular formula is C21H32F2N4O2. The van der Waals surface area contributed by atoms with Crippen LogP contribution in [-0.4, -0.2) is 57.0 Å². The first-order chi connectivity index (χ1) is 13.6. The highest BCUT2D eigenvalue weighted by Crippen LogP contribution is 2.45. The Hall–Kier alpha value is -1.99. The maximum absolute atomic E-state index is 14.7.